The van der Waals surface area contributed by atoms with Crippen LogP contribution in [0.4, 0.5) is 0 Å². The summed E-state index contributed by atoms with van der Waals surface area (Å²) in [4.78, 5) is 10.1. The Bertz CT molecular complexity index is 261. The van der Waals surface area contributed by atoms with Crippen molar-refractivity contribution in [3.63, 3.8) is 0 Å². The number of rotatable bonds is 3. The maximum Gasteiger partial charge on any atom is 1.00 e. The van der Waals surface area contributed by atoms with Crippen LogP contribution in [0.5, 0.6) is 0 Å². The second-order valence-corrected chi connectivity index (χ2v) is 2.50. The SMILES string of the molecule is O=C([O-])CC(O)c1ccccc1.[Na+]. The van der Waals surface area contributed by atoms with Gasteiger partial charge in [-0.2, -0.15) is 0 Å². The molecule has 64 valence electrons. The van der Waals surface area contributed by atoms with Crippen molar-refractivity contribution in [1.29, 1.82) is 0 Å². The van der Waals surface area contributed by atoms with Crippen molar-refractivity contribution >= 4 is 5.97 Å². The van der Waals surface area contributed by atoms with Crippen LogP contribution in [0.15, 0.2) is 30.3 Å². The Morgan fingerprint density at radius 1 is 1.38 bits per heavy atom. The van der Waals surface area contributed by atoms with Gasteiger partial charge in [0.25, 0.3) is 0 Å². The summed E-state index contributed by atoms with van der Waals surface area (Å²) in [6.45, 7) is 0. The average Bonchev–Trinajstić information content (AvgIpc) is 2.05. The first kappa shape index (κ1) is 12.7. The molecule has 1 N–H and O–H groups in total. The Balaban J connectivity index is 0.00000144. The zero-order chi connectivity index (χ0) is 8.97. The number of hydrogen-bond acceptors (Lipinski definition) is 3. The van der Waals surface area contributed by atoms with Gasteiger partial charge >= 0.3 is 29.6 Å². The molecule has 0 aliphatic carbocycles. The average molecular weight is 188 g/mol. The summed E-state index contributed by atoms with van der Waals surface area (Å²) < 4.78 is 0. The summed E-state index contributed by atoms with van der Waals surface area (Å²) in [7, 11) is 0. The van der Waals surface area contributed by atoms with E-state index in [1.165, 1.54) is 0 Å². The van der Waals surface area contributed by atoms with Crippen LogP contribution in [0.3, 0.4) is 0 Å². The molecule has 0 amide bonds. The van der Waals surface area contributed by atoms with E-state index in [1.54, 1.807) is 30.3 Å². The molecule has 0 aliphatic rings. The van der Waals surface area contributed by atoms with Crippen molar-refractivity contribution in [3.8, 4) is 0 Å². The van der Waals surface area contributed by atoms with Crippen LogP contribution in [0.1, 0.15) is 18.1 Å². The van der Waals surface area contributed by atoms with Gasteiger partial charge in [0, 0.05) is 12.4 Å². The molecular weight excluding hydrogens is 179 g/mol. The normalized spacial score (nSPS) is 11.5. The second-order valence-electron chi connectivity index (χ2n) is 2.50. The summed E-state index contributed by atoms with van der Waals surface area (Å²) in [5.41, 5.74) is 0.599. The number of benzene rings is 1. The summed E-state index contributed by atoms with van der Waals surface area (Å²) in [6, 6.07) is 8.64. The fourth-order valence-electron chi connectivity index (χ4n) is 0.951. The molecule has 1 unspecified atom stereocenters. The molecule has 0 saturated heterocycles. The molecular formula is C9H9NaO3. The number of aliphatic carboxylic acids is 1. The zero-order valence-electron chi connectivity index (χ0n) is 7.43. The van der Waals surface area contributed by atoms with Gasteiger partial charge in [-0.15, -0.1) is 0 Å². The quantitative estimate of drug-likeness (QED) is 0.510. The molecule has 13 heavy (non-hydrogen) atoms. The van der Waals surface area contributed by atoms with Crippen molar-refractivity contribution in [2.75, 3.05) is 0 Å². The maximum absolute atomic E-state index is 10.1. The third-order valence-electron chi connectivity index (χ3n) is 1.54. The predicted molar refractivity (Wildman–Crippen MR) is 41.0 cm³/mol. The summed E-state index contributed by atoms with van der Waals surface area (Å²) in [5, 5.41) is 19.4. The van der Waals surface area contributed by atoms with Crippen LogP contribution in [0, 0.1) is 0 Å². The van der Waals surface area contributed by atoms with E-state index < -0.39 is 12.1 Å². The molecule has 0 aromatic heterocycles. The molecule has 0 heterocycles. The van der Waals surface area contributed by atoms with Crippen molar-refractivity contribution in [3.05, 3.63) is 35.9 Å². The Kier molecular flexibility index (Phi) is 5.99. The second kappa shape index (κ2) is 6.16. The van der Waals surface area contributed by atoms with Gasteiger partial charge in [0.05, 0.1) is 6.10 Å². The van der Waals surface area contributed by atoms with E-state index in [2.05, 4.69) is 0 Å². The van der Waals surface area contributed by atoms with Gasteiger partial charge in [-0.05, 0) is 5.56 Å². The van der Waals surface area contributed by atoms with Crippen LogP contribution in [-0.4, -0.2) is 11.1 Å². The first-order valence-electron chi connectivity index (χ1n) is 3.63. The van der Waals surface area contributed by atoms with Gasteiger partial charge in [-0.1, -0.05) is 30.3 Å². The van der Waals surface area contributed by atoms with E-state index in [9.17, 15) is 15.0 Å². The van der Waals surface area contributed by atoms with Crippen LogP contribution in [-0.2, 0) is 4.79 Å². The minimum Gasteiger partial charge on any atom is -0.550 e. The minimum absolute atomic E-state index is 0. The minimum atomic E-state index is -1.24. The molecule has 0 aliphatic heterocycles. The molecule has 3 nitrogen and oxygen atoms in total. The predicted octanol–water partition coefficient (Wildman–Crippen LogP) is -3.14. The Labute approximate surface area is 98.7 Å². The van der Waals surface area contributed by atoms with Gasteiger partial charge < -0.3 is 15.0 Å². The van der Waals surface area contributed by atoms with Gasteiger partial charge in [0.15, 0.2) is 0 Å². The van der Waals surface area contributed by atoms with Crippen LogP contribution >= 0.6 is 0 Å². The number of hydrogen-bond donors (Lipinski definition) is 1. The van der Waals surface area contributed by atoms with E-state index in [1.807, 2.05) is 0 Å². The fourth-order valence-corrected chi connectivity index (χ4v) is 0.951. The van der Waals surface area contributed by atoms with Crippen LogP contribution in [0.2, 0.25) is 0 Å². The van der Waals surface area contributed by atoms with Crippen molar-refractivity contribution in [2.45, 2.75) is 12.5 Å². The van der Waals surface area contributed by atoms with Crippen LogP contribution < -0.4 is 34.7 Å². The summed E-state index contributed by atoms with van der Waals surface area (Å²) in [6.07, 6.45) is -1.32. The van der Waals surface area contributed by atoms with Crippen molar-refractivity contribution < 1.29 is 44.6 Å². The number of aliphatic hydroxyl groups excluding tert-OH is 1. The van der Waals surface area contributed by atoms with E-state index >= 15 is 0 Å². The number of aliphatic hydroxyl groups is 1. The first-order valence-corrected chi connectivity index (χ1v) is 3.63. The number of carbonyl (C=O) groups excluding carboxylic acids is 1. The van der Waals surface area contributed by atoms with E-state index in [4.69, 9.17) is 0 Å². The molecule has 1 atom stereocenters. The molecule has 0 spiro atoms. The van der Waals surface area contributed by atoms with Gasteiger partial charge in [0.1, 0.15) is 0 Å². The fraction of sp³-hybridized carbons (Fsp3) is 0.222. The zero-order valence-corrected chi connectivity index (χ0v) is 9.43. The standard InChI is InChI=1S/C9H10O3.Na/c10-8(6-9(11)12)7-4-2-1-3-5-7;/h1-5,8,10H,6H2,(H,11,12);/q;+1/p-1. The Morgan fingerprint density at radius 3 is 2.38 bits per heavy atom. The molecule has 0 saturated carbocycles. The Morgan fingerprint density at radius 2 is 1.92 bits per heavy atom. The van der Waals surface area contributed by atoms with E-state index in [0.717, 1.165) is 0 Å². The molecule has 0 bridgehead atoms. The molecule has 1 aromatic rings. The molecule has 4 heteroatoms. The number of carboxylic acid groups (broad SMARTS) is 1. The third-order valence-corrected chi connectivity index (χ3v) is 1.54. The monoisotopic (exact) mass is 188 g/mol. The summed E-state index contributed by atoms with van der Waals surface area (Å²) >= 11 is 0. The topological polar surface area (TPSA) is 60.4 Å². The van der Waals surface area contributed by atoms with E-state index in [-0.39, 0.29) is 36.0 Å². The first-order chi connectivity index (χ1) is 5.70. The van der Waals surface area contributed by atoms with Crippen LogP contribution in [0.25, 0.3) is 0 Å². The maximum atomic E-state index is 10.1. The van der Waals surface area contributed by atoms with E-state index in [0.29, 0.717) is 5.56 Å². The Hall–Kier alpha value is -0.350. The number of carboxylic acids is 1. The molecule has 0 fully saturated rings. The molecule has 0 radical (unpaired) electrons. The van der Waals surface area contributed by atoms with Gasteiger partial charge in [0.2, 0.25) is 0 Å². The number of carbonyl (C=O) groups is 1. The smallest absolute Gasteiger partial charge is 0.550 e. The molecule has 1 rings (SSSR count). The van der Waals surface area contributed by atoms with Gasteiger partial charge in [-0.25, -0.2) is 0 Å². The third kappa shape index (κ3) is 4.43. The molecule has 1 aromatic carbocycles. The van der Waals surface area contributed by atoms with Gasteiger partial charge in [-0.3, -0.25) is 0 Å². The summed E-state index contributed by atoms with van der Waals surface area (Å²) in [5.74, 6) is -1.24. The van der Waals surface area contributed by atoms with Crippen molar-refractivity contribution in [1.82, 2.24) is 0 Å². The van der Waals surface area contributed by atoms with Crippen molar-refractivity contribution in [2.24, 2.45) is 0 Å². The largest absolute Gasteiger partial charge is 1.00 e.